The molecule has 2 atom stereocenters. The molecule has 1 saturated heterocycles. The second-order valence-electron chi connectivity index (χ2n) is 5.95. The largest absolute Gasteiger partial charge is 0.369 e. The minimum absolute atomic E-state index is 0.0658. The molecule has 0 spiro atoms. The fourth-order valence-corrected chi connectivity index (χ4v) is 3.00. The van der Waals surface area contributed by atoms with E-state index >= 15 is 0 Å². The lowest BCUT2D eigenvalue weighted by atomic mass is 9.87. The van der Waals surface area contributed by atoms with Gasteiger partial charge in [-0.2, -0.15) is 0 Å². The molecule has 0 radical (unpaired) electrons. The molecule has 0 unspecified atom stereocenters. The lowest BCUT2D eigenvalue weighted by Crippen LogP contribution is -2.36. The fourth-order valence-electron chi connectivity index (χ4n) is 2.87. The smallest absolute Gasteiger partial charge is 0.230 e. The van der Waals surface area contributed by atoms with E-state index in [4.69, 9.17) is 17.3 Å². The maximum absolute atomic E-state index is 12.8. The molecular weight excluding hydrogens is 288 g/mol. The summed E-state index contributed by atoms with van der Waals surface area (Å²) in [5, 5.41) is 0.656. The third-order valence-electron chi connectivity index (χ3n) is 4.06. The lowest BCUT2D eigenvalue weighted by molar-refractivity contribution is -0.133. The van der Waals surface area contributed by atoms with Gasteiger partial charge in [0.25, 0.3) is 0 Å². The van der Waals surface area contributed by atoms with E-state index in [0.717, 1.165) is 5.56 Å². The van der Waals surface area contributed by atoms with Gasteiger partial charge in [0.2, 0.25) is 11.8 Å². The maximum Gasteiger partial charge on any atom is 0.230 e. The van der Waals surface area contributed by atoms with Crippen LogP contribution in [0.1, 0.15) is 31.7 Å². The Labute approximate surface area is 130 Å². The molecule has 4 nitrogen and oxygen atoms in total. The Hall–Kier alpha value is -1.55. The molecule has 1 fully saturated rings. The Morgan fingerprint density at radius 2 is 1.90 bits per heavy atom. The van der Waals surface area contributed by atoms with E-state index in [1.807, 2.05) is 26.0 Å². The summed E-state index contributed by atoms with van der Waals surface area (Å²) < 4.78 is 0. The van der Waals surface area contributed by atoms with Gasteiger partial charge in [0.1, 0.15) is 0 Å². The summed E-state index contributed by atoms with van der Waals surface area (Å²) in [5.74, 6) is -0.513. The number of nitrogens with zero attached hydrogens (tertiary/aromatic N) is 1. The maximum atomic E-state index is 12.8. The van der Waals surface area contributed by atoms with Gasteiger partial charge < -0.3 is 10.6 Å². The Bertz CT molecular complexity index is 528. The Morgan fingerprint density at radius 1 is 1.29 bits per heavy atom. The fraction of sp³-hybridized carbons (Fsp3) is 0.500. The summed E-state index contributed by atoms with van der Waals surface area (Å²) in [4.78, 5) is 25.8. The van der Waals surface area contributed by atoms with E-state index in [1.54, 1.807) is 17.0 Å². The molecule has 1 aliphatic rings. The second-order valence-corrected chi connectivity index (χ2v) is 6.38. The van der Waals surface area contributed by atoms with E-state index in [2.05, 4.69) is 0 Å². The number of hydrogen-bond acceptors (Lipinski definition) is 2. The molecule has 1 aliphatic heterocycles. The third kappa shape index (κ3) is 3.56. The number of likely N-dealkylation sites (tertiary alicyclic amines) is 1. The third-order valence-corrected chi connectivity index (χ3v) is 4.32. The molecule has 1 heterocycles. The van der Waals surface area contributed by atoms with Gasteiger partial charge in [-0.15, -0.1) is 0 Å². The van der Waals surface area contributed by atoms with Crippen molar-refractivity contribution in [3.8, 4) is 0 Å². The average Bonchev–Trinajstić information content (AvgIpc) is 2.90. The second kappa shape index (κ2) is 6.48. The number of benzene rings is 1. The number of amides is 2. The van der Waals surface area contributed by atoms with Crippen molar-refractivity contribution in [1.29, 1.82) is 0 Å². The van der Waals surface area contributed by atoms with Gasteiger partial charge in [0, 0.05) is 18.1 Å². The highest BCUT2D eigenvalue weighted by Crippen LogP contribution is 2.30. The Morgan fingerprint density at radius 3 is 2.38 bits per heavy atom. The summed E-state index contributed by atoms with van der Waals surface area (Å²) in [6, 6.07) is 7.39. The van der Waals surface area contributed by atoms with Crippen molar-refractivity contribution in [1.82, 2.24) is 4.90 Å². The number of nitrogens with two attached hydrogens (primary N) is 1. The summed E-state index contributed by atoms with van der Waals surface area (Å²) in [7, 11) is 0. The van der Waals surface area contributed by atoms with E-state index in [-0.39, 0.29) is 29.6 Å². The SMILES string of the molecule is CC(C)[C@H](C(=O)N1CC[C@@H](C(N)=O)C1)c1ccc(Cl)cc1. The first-order valence-electron chi connectivity index (χ1n) is 7.23. The van der Waals surface area contributed by atoms with Crippen LogP contribution in [0, 0.1) is 11.8 Å². The molecule has 2 N–H and O–H groups in total. The highest BCUT2D eigenvalue weighted by Gasteiger charge is 2.34. The summed E-state index contributed by atoms with van der Waals surface area (Å²) in [6.45, 7) is 5.09. The van der Waals surface area contributed by atoms with Crippen LogP contribution in [0.5, 0.6) is 0 Å². The molecular formula is C16H21ClN2O2. The Balaban J connectivity index is 2.17. The summed E-state index contributed by atoms with van der Waals surface area (Å²) >= 11 is 5.91. The standard InChI is InChI=1S/C16H21ClN2O2/c1-10(2)14(11-3-5-13(17)6-4-11)16(21)19-8-7-12(9-19)15(18)20/h3-6,10,12,14H,7-9H2,1-2H3,(H2,18,20)/t12-,14+/m1/s1. The van der Waals surface area contributed by atoms with Gasteiger partial charge in [-0.05, 0) is 30.0 Å². The number of primary amides is 1. The minimum atomic E-state index is -0.321. The van der Waals surface area contributed by atoms with E-state index in [0.29, 0.717) is 24.5 Å². The van der Waals surface area contributed by atoms with Crippen LogP contribution in [-0.4, -0.2) is 29.8 Å². The van der Waals surface area contributed by atoms with Crippen molar-refractivity contribution in [2.75, 3.05) is 13.1 Å². The first-order chi connectivity index (χ1) is 9.90. The zero-order valence-corrected chi connectivity index (χ0v) is 13.1. The van der Waals surface area contributed by atoms with Crippen LogP contribution in [0.25, 0.3) is 0 Å². The van der Waals surface area contributed by atoms with Crippen molar-refractivity contribution >= 4 is 23.4 Å². The Kier molecular flexibility index (Phi) is 4.88. The molecule has 2 rings (SSSR count). The highest BCUT2D eigenvalue weighted by atomic mass is 35.5. The zero-order chi connectivity index (χ0) is 15.6. The normalized spacial score (nSPS) is 19.8. The number of hydrogen-bond donors (Lipinski definition) is 1. The van der Waals surface area contributed by atoms with Crippen LogP contribution in [-0.2, 0) is 9.59 Å². The van der Waals surface area contributed by atoms with Crippen LogP contribution in [0.3, 0.4) is 0 Å². The first-order valence-corrected chi connectivity index (χ1v) is 7.61. The van der Waals surface area contributed by atoms with Crippen LogP contribution >= 0.6 is 11.6 Å². The van der Waals surface area contributed by atoms with E-state index in [1.165, 1.54) is 0 Å². The minimum Gasteiger partial charge on any atom is -0.369 e. The number of halogens is 1. The van der Waals surface area contributed by atoms with Crippen LogP contribution in [0.4, 0.5) is 0 Å². The number of carbonyl (C=O) groups excluding carboxylic acids is 2. The molecule has 1 aromatic carbocycles. The molecule has 21 heavy (non-hydrogen) atoms. The molecule has 0 saturated carbocycles. The topological polar surface area (TPSA) is 63.4 Å². The molecule has 5 heteroatoms. The van der Waals surface area contributed by atoms with Crippen LogP contribution < -0.4 is 5.73 Å². The van der Waals surface area contributed by atoms with Gasteiger partial charge in [0.15, 0.2) is 0 Å². The molecule has 1 aromatic rings. The van der Waals surface area contributed by atoms with E-state index in [9.17, 15) is 9.59 Å². The van der Waals surface area contributed by atoms with Crippen molar-refractivity contribution < 1.29 is 9.59 Å². The molecule has 0 aliphatic carbocycles. The van der Waals surface area contributed by atoms with Crippen molar-refractivity contribution in [3.05, 3.63) is 34.9 Å². The summed E-state index contributed by atoms with van der Waals surface area (Å²) in [5.41, 5.74) is 6.29. The van der Waals surface area contributed by atoms with Crippen LogP contribution in [0.2, 0.25) is 5.02 Å². The molecule has 0 aromatic heterocycles. The predicted molar refractivity (Wildman–Crippen MR) is 82.9 cm³/mol. The number of rotatable bonds is 4. The van der Waals surface area contributed by atoms with Gasteiger partial charge >= 0.3 is 0 Å². The molecule has 114 valence electrons. The van der Waals surface area contributed by atoms with E-state index < -0.39 is 0 Å². The van der Waals surface area contributed by atoms with Gasteiger partial charge in [-0.3, -0.25) is 9.59 Å². The van der Waals surface area contributed by atoms with Crippen molar-refractivity contribution in [2.45, 2.75) is 26.2 Å². The monoisotopic (exact) mass is 308 g/mol. The lowest BCUT2D eigenvalue weighted by Gasteiger charge is -2.26. The molecule has 0 bridgehead atoms. The quantitative estimate of drug-likeness (QED) is 0.928. The zero-order valence-electron chi connectivity index (χ0n) is 12.4. The molecule has 2 amide bonds. The average molecular weight is 309 g/mol. The van der Waals surface area contributed by atoms with Crippen LogP contribution in [0.15, 0.2) is 24.3 Å². The van der Waals surface area contributed by atoms with Gasteiger partial charge in [-0.25, -0.2) is 0 Å². The highest BCUT2D eigenvalue weighted by molar-refractivity contribution is 6.30. The van der Waals surface area contributed by atoms with Gasteiger partial charge in [0.05, 0.1) is 11.8 Å². The van der Waals surface area contributed by atoms with Gasteiger partial charge in [-0.1, -0.05) is 37.6 Å². The van der Waals surface area contributed by atoms with Crippen molar-refractivity contribution in [3.63, 3.8) is 0 Å². The number of carbonyl (C=O) groups is 2. The summed E-state index contributed by atoms with van der Waals surface area (Å²) in [6.07, 6.45) is 0.659. The predicted octanol–water partition coefficient (Wildman–Crippen LogP) is 2.41. The van der Waals surface area contributed by atoms with Crippen molar-refractivity contribution in [2.24, 2.45) is 17.6 Å². The first kappa shape index (κ1) is 15.8.